The van der Waals surface area contributed by atoms with Gasteiger partial charge in [0, 0.05) is 12.7 Å². The maximum atomic E-state index is 12.2. The summed E-state index contributed by atoms with van der Waals surface area (Å²) < 4.78 is 5.01. The summed E-state index contributed by atoms with van der Waals surface area (Å²) in [6.07, 6.45) is 0. The van der Waals surface area contributed by atoms with Gasteiger partial charge < -0.3 is 10.1 Å². The maximum Gasteiger partial charge on any atom is 0.338 e. The monoisotopic (exact) mass is 366 g/mol. The standard InChI is InChI=1S/C20H18N2O5/c1-11-6-12(2)8-14(7-11)21-17(23)10-27-20(26)13-4-5-15-16(9-13)19(25)22(3)18(15)24/h4-9H,10H2,1-3H3,(H,21,23). The number of rotatable bonds is 4. The number of hydrogen-bond acceptors (Lipinski definition) is 5. The number of carbonyl (C=O) groups excluding carboxylic acids is 4. The number of anilines is 1. The minimum Gasteiger partial charge on any atom is -0.452 e. The summed E-state index contributed by atoms with van der Waals surface area (Å²) in [7, 11) is 1.38. The average molecular weight is 366 g/mol. The smallest absolute Gasteiger partial charge is 0.338 e. The summed E-state index contributed by atoms with van der Waals surface area (Å²) in [6.45, 7) is 3.37. The Labute approximate surface area is 155 Å². The van der Waals surface area contributed by atoms with E-state index < -0.39 is 30.3 Å². The molecule has 0 aliphatic carbocycles. The van der Waals surface area contributed by atoms with Gasteiger partial charge in [-0.25, -0.2) is 4.79 Å². The molecule has 0 radical (unpaired) electrons. The highest BCUT2D eigenvalue weighted by Crippen LogP contribution is 2.23. The van der Waals surface area contributed by atoms with Crippen LogP contribution < -0.4 is 5.32 Å². The average Bonchev–Trinajstić information content (AvgIpc) is 2.83. The summed E-state index contributed by atoms with van der Waals surface area (Å²) in [5.74, 6) is -2.11. The van der Waals surface area contributed by atoms with Gasteiger partial charge in [0.05, 0.1) is 16.7 Å². The Kier molecular flexibility index (Phi) is 4.77. The first-order valence-electron chi connectivity index (χ1n) is 8.28. The largest absolute Gasteiger partial charge is 0.452 e. The summed E-state index contributed by atoms with van der Waals surface area (Å²) in [6, 6.07) is 9.72. The first-order valence-corrected chi connectivity index (χ1v) is 8.28. The maximum absolute atomic E-state index is 12.2. The molecule has 2 aromatic carbocycles. The number of amides is 3. The van der Waals surface area contributed by atoms with Crippen LogP contribution in [0.5, 0.6) is 0 Å². The number of ether oxygens (including phenoxy) is 1. The van der Waals surface area contributed by atoms with E-state index >= 15 is 0 Å². The molecule has 1 aliphatic heterocycles. The minimum atomic E-state index is -0.747. The number of nitrogens with one attached hydrogen (secondary N) is 1. The van der Waals surface area contributed by atoms with Gasteiger partial charge in [-0.3, -0.25) is 19.3 Å². The molecule has 7 heteroatoms. The molecular formula is C20H18N2O5. The fourth-order valence-corrected chi connectivity index (χ4v) is 2.95. The molecule has 7 nitrogen and oxygen atoms in total. The number of hydrogen-bond donors (Lipinski definition) is 1. The lowest BCUT2D eigenvalue weighted by atomic mass is 10.1. The van der Waals surface area contributed by atoms with Crippen molar-refractivity contribution in [2.24, 2.45) is 0 Å². The highest BCUT2D eigenvalue weighted by Gasteiger charge is 2.33. The van der Waals surface area contributed by atoms with Crippen LogP contribution in [0.4, 0.5) is 5.69 Å². The Morgan fingerprint density at radius 2 is 1.59 bits per heavy atom. The van der Waals surface area contributed by atoms with Gasteiger partial charge >= 0.3 is 5.97 Å². The third kappa shape index (κ3) is 3.72. The van der Waals surface area contributed by atoms with Crippen LogP contribution in [0.2, 0.25) is 0 Å². The lowest BCUT2D eigenvalue weighted by Crippen LogP contribution is -2.24. The van der Waals surface area contributed by atoms with Crippen molar-refractivity contribution in [1.29, 1.82) is 0 Å². The molecular weight excluding hydrogens is 348 g/mol. The highest BCUT2D eigenvalue weighted by molar-refractivity contribution is 6.21. The predicted molar refractivity (Wildman–Crippen MR) is 97.7 cm³/mol. The van der Waals surface area contributed by atoms with Crippen LogP contribution in [-0.4, -0.2) is 42.2 Å². The number of carbonyl (C=O) groups is 4. The van der Waals surface area contributed by atoms with Crippen molar-refractivity contribution in [3.63, 3.8) is 0 Å². The minimum absolute atomic E-state index is 0.101. The van der Waals surface area contributed by atoms with Crippen molar-refractivity contribution in [3.05, 3.63) is 64.2 Å². The topological polar surface area (TPSA) is 92.8 Å². The Morgan fingerprint density at radius 3 is 2.26 bits per heavy atom. The molecule has 0 saturated heterocycles. The molecule has 0 bridgehead atoms. The van der Waals surface area contributed by atoms with Gasteiger partial charge in [0.1, 0.15) is 0 Å². The van der Waals surface area contributed by atoms with Gasteiger partial charge in [-0.1, -0.05) is 6.07 Å². The quantitative estimate of drug-likeness (QED) is 0.662. The van der Waals surface area contributed by atoms with E-state index in [0.717, 1.165) is 16.0 Å². The first-order chi connectivity index (χ1) is 12.8. The molecule has 0 unspecified atom stereocenters. The van der Waals surface area contributed by atoms with E-state index in [4.69, 9.17) is 4.74 Å². The molecule has 0 saturated carbocycles. The molecule has 1 N–H and O–H groups in total. The predicted octanol–water partition coefficient (Wildman–Crippen LogP) is 2.32. The van der Waals surface area contributed by atoms with E-state index in [1.165, 1.54) is 25.2 Å². The van der Waals surface area contributed by atoms with Gasteiger partial charge in [0.25, 0.3) is 17.7 Å². The molecule has 3 rings (SSSR count). The van der Waals surface area contributed by atoms with Gasteiger partial charge in [-0.05, 0) is 55.3 Å². The van der Waals surface area contributed by atoms with Gasteiger partial charge in [-0.15, -0.1) is 0 Å². The van der Waals surface area contributed by atoms with Crippen molar-refractivity contribution in [1.82, 2.24) is 4.90 Å². The van der Waals surface area contributed by atoms with Crippen molar-refractivity contribution in [2.75, 3.05) is 19.0 Å². The van der Waals surface area contributed by atoms with Crippen LogP contribution >= 0.6 is 0 Å². The summed E-state index contributed by atoms with van der Waals surface area (Å²) in [5, 5.41) is 2.67. The van der Waals surface area contributed by atoms with E-state index in [9.17, 15) is 19.2 Å². The van der Waals surface area contributed by atoms with Crippen molar-refractivity contribution in [2.45, 2.75) is 13.8 Å². The number of esters is 1. The third-order valence-electron chi connectivity index (χ3n) is 4.17. The van der Waals surface area contributed by atoms with E-state index in [1.54, 1.807) is 0 Å². The number of nitrogens with zero attached hydrogens (tertiary/aromatic N) is 1. The first kappa shape index (κ1) is 18.3. The summed E-state index contributed by atoms with van der Waals surface area (Å²) >= 11 is 0. The van der Waals surface area contributed by atoms with E-state index in [0.29, 0.717) is 5.69 Å². The Bertz CT molecular complexity index is 960. The van der Waals surface area contributed by atoms with E-state index in [-0.39, 0.29) is 16.7 Å². The van der Waals surface area contributed by atoms with Crippen LogP contribution in [0.25, 0.3) is 0 Å². The molecule has 1 heterocycles. The lowest BCUT2D eigenvalue weighted by molar-refractivity contribution is -0.119. The van der Waals surface area contributed by atoms with Crippen LogP contribution in [0, 0.1) is 13.8 Å². The van der Waals surface area contributed by atoms with Crippen LogP contribution in [-0.2, 0) is 9.53 Å². The SMILES string of the molecule is Cc1cc(C)cc(NC(=O)COC(=O)c2ccc3c(c2)C(=O)N(C)C3=O)c1. The second-order valence-electron chi connectivity index (χ2n) is 6.43. The number of imide groups is 1. The number of aryl methyl sites for hydroxylation is 2. The van der Waals surface area contributed by atoms with Gasteiger partial charge in [-0.2, -0.15) is 0 Å². The van der Waals surface area contributed by atoms with E-state index in [1.807, 2.05) is 32.0 Å². The fraction of sp³-hybridized carbons (Fsp3) is 0.200. The second kappa shape index (κ2) is 7.03. The van der Waals surface area contributed by atoms with Crippen LogP contribution in [0.3, 0.4) is 0 Å². The number of fused-ring (bicyclic) bond motifs is 1. The Morgan fingerprint density at radius 1 is 0.963 bits per heavy atom. The molecule has 0 atom stereocenters. The van der Waals surface area contributed by atoms with Crippen LogP contribution in [0.1, 0.15) is 42.2 Å². The summed E-state index contributed by atoms with van der Waals surface area (Å²) in [4.78, 5) is 49.0. The number of benzene rings is 2. The zero-order valence-corrected chi connectivity index (χ0v) is 15.2. The van der Waals surface area contributed by atoms with Gasteiger partial charge in [0.15, 0.2) is 6.61 Å². The molecule has 1 aliphatic rings. The zero-order chi connectivity index (χ0) is 19.7. The van der Waals surface area contributed by atoms with Gasteiger partial charge in [0.2, 0.25) is 0 Å². The highest BCUT2D eigenvalue weighted by atomic mass is 16.5. The van der Waals surface area contributed by atoms with E-state index in [2.05, 4.69) is 5.32 Å². The van der Waals surface area contributed by atoms with Crippen molar-refractivity contribution >= 4 is 29.4 Å². The molecule has 2 aromatic rings. The third-order valence-corrected chi connectivity index (χ3v) is 4.17. The summed E-state index contributed by atoms with van der Waals surface area (Å²) in [5.41, 5.74) is 3.13. The molecule has 0 spiro atoms. The molecule has 0 fully saturated rings. The molecule has 138 valence electrons. The lowest BCUT2D eigenvalue weighted by Gasteiger charge is -2.08. The Hall–Kier alpha value is -3.48. The molecule has 27 heavy (non-hydrogen) atoms. The Balaban J connectivity index is 1.64. The van der Waals surface area contributed by atoms with Crippen molar-refractivity contribution < 1.29 is 23.9 Å². The second-order valence-corrected chi connectivity index (χ2v) is 6.43. The molecule has 3 amide bonds. The molecule has 0 aromatic heterocycles. The zero-order valence-electron chi connectivity index (χ0n) is 15.2. The van der Waals surface area contributed by atoms with Crippen molar-refractivity contribution in [3.8, 4) is 0 Å². The van der Waals surface area contributed by atoms with Crippen LogP contribution in [0.15, 0.2) is 36.4 Å². The fourth-order valence-electron chi connectivity index (χ4n) is 2.95. The normalized spacial score (nSPS) is 12.8.